The molecule has 5 nitrogen and oxygen atoms in total. The van der Waals surface area contributed by atoms with E-state index in [0.29, 0.717) is 25.2 Å². The number of piperazine rings is 1. The molecule has 4 rings (SSSR count). The molecule has 1 aliphatic heterocycles. The first-order chi connectivity index (χ1) is 13.2. The van der Waals surface area contributed by atoms with Gasteiger partial charge in [0.25, 0.3) is 0 Å². The first kappa shape index (κ1) is 17.4. The van der Waals surface area contributed by atoms with E-state index in [-0.39, 0.29) is 11.7 Å². The summed E-state index contributed by atoms with van der Waals surface area (Å²) >= 11 is 0. The number of hydrogen-bond donors (Lipinski definition) is 0. The van der Waals surface area contributed by atoms with Crippen LogP contribution in [0.1, 0.15) is 11.1 Å². The zero-order chi connectivity index (χ0) is 18.6. The maximum absolute atomic E-state index is 13.8. The van der Waals surface area contributed by atoms with E-state index in [1.165, 1.54) is 6.07 Å². The van der Waals surface area contributed by atoms with Crippen LogP contribution < -0.4 is 0 Å². The summed E-state index contributed by atoms with van der Waals surface area (Å²) in [4.78, 5) is 20.4. The molecule has 0 aliphatic carbocycles. The summed E-state index contributed by atoms with van der Waals surface area (Å²) in [6.07, 6.45) is 5.42. The third-order valence-corrected chi connectivity index (χ3v) is 4.86. The molecule has 1 aliphatic rings. The number of amides is 1. The van der Waals surface area contributed by atoms with E-state index in [1.807, 2.05) is 22.9 Å². The molecule has 138 valence electrons. The SMILES string of the molecule is O=C1CN(Cc2ccc(-n3ccnc3)cc2)CCN1Cc1ccccc1F. The second kappa shape index (κ2) is 7.72. The molecule has 0 radical (unpaired) electrons. The fourth-order valence-electron chi connectivity index (χ4n) is 3.34. The Kier molecular flexibility index (Phi) is 4.98. The summed E-state index contributed by atoms with van der Waals surface area (Å²) in [6, 6.07) is 14.9. The average molecular weight is 364 g/mol. The Morgan fingerprint density at radius 2 is 1.81 bits per heavy atom. The molecule has 0 spiro atoms. The van der Waals surface area contributed by atoms with E-state index >= 15 is 0 Å². The summed E-state index contributed by atoms with van der Waals surface area (Å²) in [7, 11) is 0. The summed E-state index contributed by atoms with van der Waals surface area (Å²) in [5, 5.41) is 0. The van der Waals surface area contributed by atoms with Crippen molar-refractivity contribution in [3.8, 4) is 5.69 Å². The molecule has 1 fully saturated rings. The maximum Gasteiger partial charge on any atom is 0.237 e. The number of halogens is 1. The van der Waals surface area contributed by atoms with Gasteiger partial charge in [0.15, 0.2) is 0 Å². The van der Waals surface area contributed by atoms with Crippen LogP contribution in [0, 0.1) is 5.82 Å². The lowest BCUT2D eigenvalue weighted by Gasteiger charge is -2.34. The van der Waals surface area contributed by atoms with Crippen LogP contribution in [0.3, 0.4) is 0 Å². The van der Waals surface area contributed by atoms with Crippen molar-refractivity contribution >= 4 is 5.91 Å². The van der Waals surface area contributed by atoms with Gasteiger partial charge >= 0.3 is 0 Å². The molecule has 0 N–H and O–H groups in total. The molecule has 0 bridgehead atoms. The van der Waals surface area contributed by atoms with Crippen molar-refractivity contribution in [3.63, 3.8) is 0 Å². The van der Waals surface area contributed by atoms with Gasteiger partial charge < -0.3 is 9.47 Å². The topological polar surface area (TPSA) is 41.4 Å². The summed E-state index contributed by atoms with van der Waals surface area (Å²) < 4.78 is 15.8. The van der Waals surface area contributed by atoms with Crippen molar-refractivity contribution in [2.24, 2.45) is 0 Å². The van der Waals surface area contributed by atoms with Crippen molar-refractivity contribution in [3.05, 3.63) is 84.2 Å². The molecule has 2 heterocycles. The maximum atomic E-state index is 13.8. The van der Waals surface area contributed by atoms with Crippen LogP contribution in [0.15, 0.2) is 67.3 Å². The molecular weight excluding hydrogens is 343 g/mol. The van der Waals surface area contributed by atoms with Crippen LogP contribution in [0.2, 0.25) is 0 Å². The average Bonchev–Trinajstić information content (AvgIpc) is 3.21. The molecule has 0 saturated carbocycles. The monoisotopic (exact) mass is 364 g/mol. The Hall–Kier alpha value is -2.99. The summed E-state index contributed by atoms with van der Waals surface area (Å²) in [5.74, 6) is -0.217. The van der Waals surface area contributed by atoms with Crippen LogP contribution in [0.4, 0.5) is 4.39 Å². The number of nitrogens with zero attached hydrogens (tertiary/aromatic N) is 4. The lowest BCUT2D eigenvalue weighted by molar-refractivity contribution is -0.136. The lowest BCUT2D eigenvalue weighted by atomic mass is 10.1. The van der Waals surface area contributed by atoms with Crippen molar-refractivity contribution in [2.75, 3.05) is 19.6 Å². The highest BCUT2D eigenvalue weighted by Gasteiger charge is 2.24. The van der Waals surface area contributed by atoms with Gasteiger partial charge in [0, 0.05) is 49.8 Å². The van der Waals surface area contributed by atoms with E-state index in [2.05, 4.69) is 22.0 Å². The number of imidazole rings is 1. The van der Waals surface area contributed by atoms with E-state index in [4.69, 9.17) is 0 Å². The van der Waals surface area contributed by atoms with Crippen LogP contribution in [0.5, 0.6) is 0 Å². The third kappa shape index (κ3) is 4.06. The van der Waals surface area contributed by atoms with Crippen LogP contribution in [-0.2, 0) is 17.9 Å². The highest BCUT2D eigenvalue weighted by molar-refractivity contribution is 5.79. The number of rotatable bonds is 5. The molecule has 1 saturated heterocycles. The zero-order valence-corrected chi connectivity index (χ0v) is 15.0. The summed E-state index contributed by atoms with van der Waals surface area (Å²) in [6.45, 7) is 2.81. The fourth-order valence-corrected chi connectivity index (χ4v) is 3.34. The molecule has 1 amide bonds. The van der Waals surface area contributed by atoms with Gasteiger partial charge in [0.2, 0.25) is 5.91 Å². The predicted molar refractivity (Wildman–Crippen MR) is 101 cm³/mol. The minimum atomic E-state index is -0.259. The third-order valence-electron chi connectivity index (χ3n) is 4.86. The highest BCUT2D eigenvalue weighted by Crippen LogP contribution is 2.16. The Balaban J connectivity index is 1.34. The standard InChI is InChI=1S/C21H21FN4O/c22-20-4-2-1-3-18(20)14-25-12-11-24(15-21(25)27)13-17-5-7-19(8-6-17)26-10-9-23-16-26/h1-10,16H,11-15H2. The fraction of sp³-hybridized carbons (Fsp3) is 0.238. The van der Waals surface area contributed by atoms with Gasteiger partial charge in [0.1, 0.15) is 5.82 Å². The predicted octanol–water partition coefficient (Wildman–Crippen LogP) is 2.86. The van der Waals surface area contributed by atoms with Crippen LogP contribution >= 0.6 is 0 Å². The normalized spacial score (nSPS) is 15.3. The Morgan fingerprint density at radius 1 is 1.00 bits per heavy atom. The van der Waals surface area contributed by atoms with Gasteiger partial charge in [-0.2, -0.15) is 0 Å². The smallest absolute Gasteiger partial charge is 0.237 e. The zero-order valence-electron chi connectivity index (χ0n) is 15.0. The van der Waals surface area contributed by atoms with Gasteiger partial charge in [-0.1, -0.05) is 30.3 Å². The Morgan fingerprint density at radius 3 is 2.52 bits per heavy atom. The number of benzene rings is 2. The van der Waals surface area contributed by atoms with Gasteiger partial charge in [-0.25, -0.2) is 9.37 Å². The van der Waals surface area contributed by atoms with E-state index in [1.54, 1.807) is 35.6 Å². The molecular formula is C21H21FN4O. The molecule has 0 unspecified atom stereocenters. The van der Waals surface area contributed by atoms with Crippen molar-refractivity contribution in [1.29, 1.82) is 0 Å². The Bertz CT molecular complexity index is 908. The van der Waals surface area contributed by atoms with Crippen LogP contribution in [0.25, 0.3) is 5.69 Å². The van der Waals surface area contributed by atoms with E-state index in [0.717, 1.165) is 24.3 Å². The van der Waals surface area contributed by atoms with Crippen molar-refractivity contribution in [1.82, 2.24) is 19.4 Å². The number of carbonyl (C=O) groups is 1. The Labute approximate surface area is 157 Å². The summed E-state index contributed by atoms with van der Waals surface area (Å²) in [5.41, 5.74) is 2.78. The molecule has 3 aromatic rings. The second-order valence-electron chi connectivity index (χ2n) is 6.75. The quantitative estimate of drug-likeness (QED) is 0.699. The minimum absolute atomic E-state index is 0.0412. The highest BCUT2D eigenvalue weighted by atomic mass is 19.1. The van der Waals surface area contributed by atoms with E-state index in [9.17, 15) is 9.18 Å². The van der Waals surface area contributed by atoms with Crippen molar-refractivity contribution in [2.45, 2.75) is 13.1 Å². The van der Waals surface area contributed by atoms with Gasteiger partial charge in [-0.15, -0.1) is 0 Å². The second-order valence-corrected chi connectivity index (χ2v) is 6.75. The van der Waals surface area contributed by atoms with Gasteiger partial charge in [-0.3, -0.25) is 9.69 Å². The first-order valence-electron chi connectivity index (χ1n) is 9.00. The number of aromatic nitrogens is 2. The molecule has 2 aromatic carbocycles. The van der Waals surface area contributed by atoms with Gasteiger partial charge in [-0.05, 0) is 23.8 Å². The molecule has 27 heavy (non-hydrogen) atoms. The minimum Gasteiger partial charge on any atom is -0.336 e. The molecule has 1 aromatic heterocycles. The number of hydrogen-bond acceptors (Lipinski definition) is 3. The van der Waals surface area contributed by atoms with Crippen LogP contribution in [-0.4, -0.2) is 44.9 Å². The lowest BCUT2D eigenvalue weighted by Crippen LogP contribution is -2.49. The molecule has 0 atom stereocenters. The van der Waals surface area contributed by atoms with E-state index < -0.39 is 0 Å². The molecule has 6 heteroatoms. The number of carbonyl (C=O) groups excluding carboxylic acids is 1. The van der Waals surface area contributed by atoms with Crippen molar-refractivity contribution < 1.29 is 9.18 Å². The van der Waals surface area contributed by atoms with Gasteiger partial charge in [0.05, 0.1) is 12.9 Å². The largest absolute Gasteiger partial charge is 0.336 e. The first-order valence-corrected chi connectivity index (χ1v) is 9.00.